The summed E-state index contributed by atoms with van der Waals surface area (Å²) in [4.78, 5) is 17.0. The topological polar surface area (TPSA) is 105 Å². The van der Waals surface area contributed by atoms with Gasteiger partial charge in [-0.15, -0.1) is 12.6 Å². The molecule has 24 heavy (non-hydrogen) atoms. The van der Waals surface area contributed by atoms with Gasteiger partial charge in [0.2, 0.25) is 0 Å². The van der Waals surface area contributed by atoms with E-state index in [0.717, 1.165) is 0 Å². The van der Waals surface area contributed by atoms with Crippen molar-refractivity contribution in [2.75, 3.05) is 24.9 Å². The number of nitrogens with zero attached hydrogens (tertiary/aromatic N) is 3. The van der Waals surface area contributed by atoms with Crippen LogP contribution < -0.4 is 5.73 Å². The van der Waals surface area contributed by atoms with Crippen LogP contribution in [0.15, 0.2) is 12.5 Å². The minimum absolute atomic E-state index is 0.198. The fourth-order valence-electron chi connectivity index (χ4n) is 2.21. The maximum absolute atomic E-state index is 8.67. The van der Waals surface area contributed by atoms with Crippen LogP contribution in [0.5, 0.6) is 0 Å². The van der Waals surface area contributed by atoms with E-state index in [9.17, 15) is 0 Å². The van der Waals surface area contributed by atoms with Crippen LogP contribution in [0.1, 0.15) is 25.1 Å². The zero-order valence-electron chi connectivity index (χ0n) is 13.1. The lowest BCUT2D eigenvalue weighted by molar-refractivity contribution is -0.0102. The molecule has 0 amide bonds. The first-order valence-electron chi connectivity index (χ1n) is 7.20. The summed E-state index contributed by atoms with van der Waals surface area (Å²) in [7, 11) is -0.548. The molecule has 0 aliphatic heterocycles. The summed E-state index contributed by atoms with van der Waals surface area (Å²) in [6, 6.07) is 0. The first-order chi connectivity index (χ1) is 11.7. The monoisotopic (exact) mass is 370 g/mol. The number of hydrogen-bond acceptors (Lipinski definition) is 8. The van der Waals surface area contributed by atoms with Crippen molar-refractivity contribution in [3.8, 4) is 12.0 Å². The summed E-state index contributed by atoms with van der Waals surface area (Å²) in [6.45, 7) is 2.64. The lowest BCUT2D eigenvalue weighted by Crippen LogP contribution is -2.14. The Bertz CT molecular complexity index is 731. The molecule has 0 aliphatic rings. The second-order valence-electron chi connectivity index (χ2n) is 4.58. The summed E-state index contributed by atoms with van der Waals surface area (Å²) in [6.07, 6.45) is 6.21. The number of anilines is 1. The van der Waals surface area contributed by atoms with Gasteiger partial charge in [-0.2, -0.15) is 0 Å². The summed E-state index contributed by atoms with van der Waals surface area (Å²) < 4.78 is 17.5. The Balaban J connectivity index is 2.35. The van der Waals surface area contributed by atoms with Gasteiger partial charge in [-0.25, -0.2) is 9.97 Å². The van der Waals surface area contributed by atoms with E-state index in [1.807, 2.05) is 17.7 Å². The number of aromatic nitrogens is 3. The SMILES string of the molecule is CC[C@@H](OCCOPO)n1cc(C#COCS)c2c(N)ncnc21. The third-order valence-corrected chi connectivity index (χ3v) is 3.64. The molecule has 1 unspecified atom stereocenters. The van der Waals surface area contributed by atoms with Crippen LogP contribution in [0.25, 0.3) is 11.0 Å². The molecule has 0 aromatic carbocycles. The van der Waals surface area contributed by atoms with Gasteiger partial charge in [0.1, 0.15) is 36.1 Å². The fraction of sp³-hybridized carbons (Fsp3) is 0.429. The highest BCUT2D eigenvalue weighted by Gasteiger charge is 2.18. The van der Waals surface area contributed by atoms with Crippen molar-refractivity contribution in [3.63, 3.8) is 0 Å². The average molecular weight is 370 g/mol. The standard InChI is InChI=1S/C14H19N4O4PS/c1-2-11(21-5-6-22-23-19)18-7-10(3-4-20-9-24)12-13(15)16-8-17-14(12)18/h7-8,11,19,23-24H,2,5-6,9H2,1H3,(H2,15,16,17)/t11-/m1/s1. The first-order valence-corrected chi connectivity index (χ1v) is 8.68. The molecule has 0 radical (unpaired) electrons. The van der Waals surface area contributed by atoms with Gasteiger partial charge in [-0.1, -0.05) is 6.92 Å². The molecule has 130 valence electrons. The minimum Gasteiger partial charge on any atom is -0.436 e. The fourth-order valence-corrected chi connectivity index (χ4v) is 2.45. The molecule has 2 rings (SSSR count). The van der Waals surface area contributed by atoms with E-state index in [1.54, 1.807) is 0 Å². The van der Waals surface area contributed by atoms with E-state index in [0.29, 0.717) is 42.0 Å². The zero-order valence-corrected chi connectivity index (χ0v) is 15.0. The van der Waals surface area contributed by atoms with E-state index in [-0.39, 0.29) is 12.2 Å². The van der Waals surface area contributed by atoms with E-state index in [4.69, 9.17) is 24.6 Å². The van der Waals surface area contributed by atoms with Crippen molar-refractivity contribution < 1.29 is 18.9 Å². The lowest BCUT2D eigenvalue weighted by Gasteiger charge is -2.18. The molecule has 8 nitrogen and oxygen atoms in total. The van der Waals surface area contributed by atoms with Gasteiger partial charge < -0.3 is 29.2 Å². The second-order valence-corrected chi connectivity index (χ2v) is 5.31. The lowest BCUT2D eigenvalue weighted by atomic mass is 10.2. The van der Waals surface area contributed by atoms with Gasteiger partial charge >= 0.3 is 0 Å². The van der Waals surface area contributed by atoms with Crippen LogP contribution >= 0.6 is 21.7 Å². The number of fused-ring (bicyclic) bond motifs is 1. The molecule has 2 aromatic heterocycles. The Morgan fingerprint density at radius 3 is 3.00 bits per heavy atom. The summed E-state index contributed by atoms with van der Waals surface area (Å²) in [5.41, 5.74) is 7.27. The van der Waals surface area contributed by atoms with Crippen LogP contribution in [-0.4, -0.2) is 38.6 Å². The number of nitrogens with two attached hydrogens (primary N) is 1. The van der Waals surface area contributed by atoms with Gasteiger partial charge in [-0.05, 0) is 12.3 Å². The average Bonchev–Trinajstić information content (AvgIpc) is 2.95. The van der Waals surface area contributed by atoms with Crippen LogP contribution in [0.2, 0.25) is 0 Å². The van der Waals surface area contributed by atoms with Crippen LogP contribution in [0, 0.1) is 12.0 Å². The van der Waals surface area contributed by atoms with Crippen molar-refractivity contribution >= 4 is 38.5 Å². The van der Waals surface area contributed by atoms with Gasteiger partial charge in [0.25, 0.3) is 0 Å². The highest BCUT2D eigenvalue weighted by molar-refractivity contribution is 7.80. The van der Waals surface area contributed by atoms with Crippen LogP contribution in [-0.2, 0) is 14.0 Å². The van der Waals surface area contributed by atoms with E-state index in [2.05, 4.69) is 34.6 Å². The predicted octanol–water partition coefficient (Wildman–Crippen LogP) is 1.67. The molecule has 2 atom stereocenters. The molecule has 0 aliphatic carbocycles. The second kappa shape index (κ2) is 9.67. The minimum atomic E-state index is -0.548. The molecule has 0 saturated carbocycles. The van der Waals surface area contributed by atoms with Crippen molar-refractivity contribution in [2.45, 2.75) is 19.6 Å². The van der Waals surface area contributed by atoms with Crippen molar-refractivity contribution in [1.29, 1.82) is 0 Å². The molecule has 2 heterocycles. The van der Waals surface area contributed by atoms with E-state index in [1.165, 1.54) is 6.33 Å². The van der Waals surface area contributed by atoms with Gasteiger partial charge in [0.15, 0.2) is 9.03 Å². The Hall–Kier alpha value is -1.56. The normalized spacial score (nSPS) is 12.5. The van der Waals surface area contributed by atoms with Crippen molar-refractivity contribution in [2.24, 2.45) is 0 Å². The third kappa shape index (κ3) is 4.50. The highest BCUT2D eigenvalue weighted by Crippen LogP contribution is 2.27. The molecule has 0 bridgehead atoms. The quantitative estimate of drug-likeness (QED) is 0.213. The number of hydrogen-bond donors (Lipinski definition) is 3. The van der Waals surface area contributed by atoms with Gasteiger partial charge in [-0.3, -0.25) is 0 Å². The zero-order chi connectivity index (χ0) is 17.4. The molecular formula is C14H19N4O4PS. The van der Waals surface area contributed by atoms with Crippen LogP contribution in [0.3, 0.4) is 0 Å². The maximum Gasteiger partial charge on any atom is 0.152 e. The molecule has 0 spiro atoms. The molecular weight excluding hydrogens is 351 g/mol. The highest BCUT2D eigenvalue weighted by atomic mass is 32.1. The Labute approximate surface area is 147 Å². The van der Waals surface area contributed by atoms with E-state index < -0.39 is 9.03 Å². The molecule has 10 heteroatoms. The predicted molar refractivity (Wildman–Crippen MR) is 95.5 cm³/mol. The Morgan fingerprint density at radius 2 is 2.29 bits per heavy atom. The largest absolute Gasteiger partial charge is 0.436 e. The Morgan fingerprint density at radius 1 is 1.46 bits per heavy atom. The third-order valence-electron chi connectivity index (χ3n) is 3.18. The summed E-state index contributed by atoms with van der Waals surface area (Å²) >= 11 is 3.94. The number of nitrogen functional groups attached to an aromatic ring is 1. The molecule has 2 aromatic rings. The summed E-state index contributed by atoms with van der Waals surface area (Å²) in [5, 5.41) is 0.655. The first kappa shape index (κ1) is 18.8. The smallest absolute Gasteiger partial charge is 0.152 e. The van der Waals surface area contributed by atoms with E-state index >= 15 is 0 Å². The number of rotatable bonds is 8. The summed E-state index contributed by atoms with van der Waals surface area (Å²) in [5.74, 6) is 3.43. The number of thiol groups is 1. The molecule has 0 fully saturated rings. The molecule has 3 N–H and O–H groups in total. The Kier molecular flexibility index (Phi) is 7.56. The van der Waals surface area contributed by atoms with Gasteiger partial charge in [0.05, 0.1) is 24.2 Å². The van der Waals surface area contributed by atoms with Crippen LogP contribution in [0.4, 0.5) is 5.82 Å². The molecule has 0 saturated heterocycles. The maximum atomic E-state index is 8.67. The van der Waals surface area contributed by atoms with Gasteiger partial charge in [0, 0.05) is 6.20 Å². The number of ether oxygens (including phenoxy) is 2. The van der Waals surface area contributed by atoms with Crippen molar-refractivity contribution in [1.82, 2.24) is 14.5 Å². The van der Waals surface area contributed by atoms with Crippen molar-refractivity contribution in [3.05, 3.63) is 18.1 Å².